The predicted molar refractivity (Wildman–Crippen MR) is 60.4 cm³/mol. The first-order chi connectivity index (χ1) is 7.38. The van der Waals surface area contributed by atoms with Gasteiger partial charge in [-0.15, -0.1) is 0 Å². The van der Waals surface area contributed by atoms with Gasteiger partial charge < -0.3 is 10.6 Å². The first-order valence-corrected chi connectivity index (χ1v) is 5.82. The van der Waals surface area contributed by atoms with E-state index in [1.165, 1.54) is 38.9 Å². The van der Waals surface area contributed by atoms with Crippen LogP contribution in [0.1, 0.15) is 24.8 Å². The molecule has 0 unspecified atom stereocenters. The fraction of sp³-hybridized carbons (Fsp3) is 0.727. The minimum Gasteiger partial charge on any atom is -0.326 e. The summed E-state index contributed by atoms with van der Waals surface area (Å²) in [5, 5.41) is 4.27. The van der Waals surface area contributed by atoms with Gasteiger partial charge in [0.1, 0.15) is 0 Å². The van der Waals surface area contributed by atoms with Gasteiger partial charge in [0.15, 0.2) is 0 Å². The maximum Gasteiger partial charge on any atom is 0.0534 e. The number of hydrogen-bond donors (Lipinski definition) is 1. The Morgan fingerprint density at radius 3 is 2.73 bits per heavy atom. The molecule has 0 amide bonds. The SMILES string of the molecule is NCc1cnn(CCCN2CCCC2)c1. The van der Waals surface area contributed by atoms with Gasteiger partial charge in [-0.3, -0.25) is 4.68 Å². The average Bonchev–Trinajstić information content (AvgIpc) is 2.88. The van der Waals surface area contributed by atoms with E-state index in [1.54, 1.807) is 0 Å². The molecule has 0 aromatic carbocycles. The van der Waals surface area contributed by atoms with Gasteiger partial charge in [-0.25, -0.2) is 0 Å². The second-order valence-corrected chi connectivity index (χ2v) is 4.22. The zero-order valence-electron chi connectivity index (χ0n) is 9.23. The molecule has 4 nitrogen and oxygen atoms in total. The lowest BCUT2D eigenvalue weighted by Crippen LogP contribution is -2.21. The Morgan fingerprint density at radius 2 is 2.07 bits per heavy atom. The third kappa shape index (κ3) is 3.04. The Balaban J connectivity index is 1.68. The number of hydrogen-bond acceptors (Lipinski definition) is 3. The van der Waals surface area contributed by atoms with E-state index in [4.69, 9.17) is 5.73 Å². The van der Waals surface area contributed by atoms with E-state index in [2.05, 4.69) is 10.00 Å². The molecule has 0 aliphatic carbocycles. The zero-order valence-corrected chi connectivity index (χ0v) is 9.23. The third-order valence-corrected chi connectivity index (χ3v) is 2.98. The van der Waals surface area contributed by atoms with Gasteiger partial charge in [0.05, 0.1) is 6.20 Å². The molecular formula is C11H20N4. The molecule has 4 heteroatoms. The van der Waals surface area contributed by atoms with Crippen LogP contribution in [0.3, 0.4) is 0 Å². The highest BCUT2D eigenvalue weighted by Crippen LogP contribution is 2.07. The molecule has 0 spiro atoms. The molecule has 84 valence electrons. The highest BCUT2D eigenvalue weighted by Gasteiger charge is 2.10. The van der Waals surface area contributed by atoms with Gasteiger partial charge >= 0.3 is 0 Å². The summed E-state index contributed by atoms with van der Waals surface area (Å²) >= 11 is 0. The Hall–Kier alpha value is -0.870. The Labute approximate surface area is 91.1 Å². The molecule has 0 saturated carbocycles. The van der Waals surface area contributed by atoms with E-state index in [0.717, 1.165) is 12.1 Å². The molecule has 0 bridgehead atoms. The van der Waals surface area contributed by atoms with Crippen LogP contribution in [0.4, 0.5) is 0 Å². The summed E-state index contributed by atoms with van der Waals surface area (Å²) in [5.74, 6) is 0. The summed E-state index contributed by atoms with van der Waals surface area (Å²) in [6, 6.07) is 0. The molecule has 2 heterocycles. The standard InChI is InChI=1S/C11H20N4/c12-8-11-9-13-15(10-11)7-3-6-14-4-1-2-5-14/h9-10H,1-8,12H2. The van der Waals surface area contributed by atoms with Gasteiger partial charge in [0.2, 0.25) is 0 Å². The number of likely N-dealkylation sites (tertiary alicyclic amines) is 1. The van der Waals surface area contributed by atoms with Crippen molar-refractivity contribution in [1.29, 1.82) is 0 Å². The van der Waals surface area contributed by atoms with Crippen LogP contribution in [-0.4, -0.2) is 34.3 Å². The Morgan fingerprint density at radius 1 is 1.27 bits per heavy atom. The minimum atomic E-state index is 0.589. The molecule has 15 heavy (non-hydrogen) atoms. The Bertz CT molecular complexity index is 289. The summed E-state index contributed by atoms with van der Waals surface area (Å²) in [7, 11) is 0. The third-order valence-electron chi connectivity index (χ3n) is 2.98. The van der Waals surface area contributed by atoms with Gasteiger partial charge in [-0.1, -0.05) is 0 Å². The highest BCUT2D eigenvalue weighted by atomic mass is 15.3. The van der Waals surface area contributed by atoms with Crippen LogP contribution in [0.15, 0.2) is 12.4 Å². The summed E-state index contributed by atoms with van der Waals surface area (Å²) in [6.07, 6.45) is 7.84. The normalized spacial score (nSPS) is 17.4. The average molecular weight is 208 g/mol. The zero-order chi connectivity index (χ0) is 10.5. The van der Waals surface area contributed by atoms with E-state index >= 15 is 0 Å². The minimum absolute atomic E-state index is 0.589. The molecule has 1 aromatic rings. The van der Waals surface area contributed by atoms with Gasteiger partial charge in [-0.05, 0) is 38.9 Å². The van der Waals surface area contributed by atoms with Crippen molar-refractivity contribution in [2.24, 2.45) is 5.73 Å². The second-order valence-electron chi connectivity index (χ2n) is 4.22. The predicted octanol–water partition coefficient (Wildman–Crippen LogP) is 0.828. The van der Waals surface area contributed by atoms with E-state index in [-0.39, 0.29) is 0 Å². The van der Waals surface area contributed by atoms with Gasteiger partial charge in [-0.2, -0.15) is 5.10 Å². The van der Waals surface area contributed by atoms with Crippen LogP contribution in [-0.2, 0) is 13.1 Å². The number of nitrogens with two attached hydrogens (primary N) is 1. The maximum absolute atomic E-state index is 5.53. The molecule has 1 aliphatic heterocycles. The van der Waals surface area contributed by atoms with Crippen molar-refractivity contribution in [3.05, 3.63) is 18.0 Å². The van der Waals surface area contributed by atoms with Crippen LogP contribution < -0.4 is 5.73 Å². The molecule has 1 aliphatic rings. The number of aromatic nitrogens is 2. The fourth-order valence-electron chi connectivity index (χ4n) is 2.10. The second kappa shape index (κ2) is 5.28. The van der Waals surface area contributed by atoms with Crippen molar-refractivity contribution in [2.75, 3.05) is 19.6 Å². The van der Waals surface area contributed by atoms with Crippen LogP contribution >= 0.6 is 0 Å². The molecule has 2 rings (SSSR count). The first-order valence-electron chi connectivity index (χ1n) is 5.82. The summed E-state index contributed by atoms with van der Waals surface area (Å²) in [6.45, 7) is 5.38. The lowest BCUT2D eigenvalue weighted by molar-refractivity contribution is 0.322. The van der Waals surface area contributed by atoms with E-state index in [9.17, 15) is 0 Å². The monoisotopic (exact) mass is 208 g/mol. The largest absolute Gasteiger partial charge is 0.326 e. The number of nitrogens with zero attached hydrogens (tertiary/aromatic N) is 3. The lowest BCUT2D eigenvalue weighted by atomic mass is 10.3. The van der Waals surface area contributed by atoms with Crippen molar-refractivity contribution >= 4 is 0 Å². The highest BCUT2D eigenvalue weighted by molar-refractivity contribution is 5.02. The molecule has 1 aromatic heterocycles. The first kappa shape index (κ1) is 10.6. The van der Waals surface area contributed by atoms with Crippen molar-refractivity contribution < 1.29 is 0 Å². The summed E-state index contributed by atoms with van der Waals surface area (Å²) < 4.78 is 2.00. The molecule has 1 saturated heterocycles. The van der Waals surface area contributed by atoms with Crippen LogP contribution in [0.5, 0.6) is 0 Å². The van der Waals surface area contributed by atoms with Crippen LogP contribution in [0.25, 0.3) is 0 Å². The molecule has 1 fully saturated rings. The molecule has 0 radical (unpaired) electrons. The topological polar surface area (TPSA) is 47.1 Å². The smallest absolute Gasteiger partial charge is 0.0534 e. The van der Waals surface area contributed by atoms with E-state index in [1.807, 2.05) is 17.1 Å². The van der Waals surface area contributed by atoms with E-state index < -0.39 is 0 Å². The summed E-state index contributed by atoms with van der Waals surface area (Å²) in [5.41, 5.74) is 6.65. The number of rotatable bonds is 5. The van der Waals surface area contributed by atoms with Crippen molar-refractivity contribution in [3.8, 4) is 0 Å². The van der Waals surface area contributed by atoms with Gasteiger partial charge in [0, 0.05) is 24.8 Å². The fourth-order valence-corrected chi connectivity index (χ4v) is 2.10. The van der Waals surface area contributed by atoms with Crippen molar-refractivity contribution in [2.45, 2.75) is 32.4 Å². The van der Waals surface area contributed by atoms with Crippen LogP contribution in [0.2, 0.25) is 0 Å². The lowest BCUT2D eigenvalue weighted by Gasteiger charge is -2.13. The summed E-state index contributed by atoms with van der Waals surface area (Å²) in [4.78, 5) is 2.54. The van der Waals surface area contributed by atoms with E-state index in [0.29, 0.717) is 6.54 Å². The maximum atomic E-state index is 5.53. The van der Waals surface area contributed by atoms with Crippen molar-refractivity contribution in [1.82, 2.24) is 14.7 Å². The van der Waals surface area contributed by atoms with Crippen LogP contribution in [0, 0.1) is 0 Å². The number of aryl methyl sites for hydroxylation is 1. The van der Waals surface area contributed by atoms with Gasteiger partial charge in [0.25, 0.3) is 0 Å². The molecule has 0 atom stereocenters. The van der Waals surface area contributed by atoms with Crippen molar-refractivity contribution in [3.63, 3.8) is 0 Å². The quantitative estimate of drug-likeness (QED) is 0.779. The molecule has 2 N–H and O–H groups in total. The molecular weight excluding hydrogens is 188 g/mol. The Kier molecular flexibility index (Phi) is 3.75.